The molecule has 1 aromatic rings. The van der Waals surface area contributed by atoms with Gasteiger partial charge in [0.2, 0.25) is 10.0 Å². The lowest BCUT2D eigenvalue weighted by molar-refractivity contribution is 0.538. The highest BCUT2D eigenvalue weighted by atomic mass is 32.2. The average molecular weight is 283 g/mol. The monoisotopic (exact) mass is 283 g/mol. The number of benzene rings is 1. The molecule has 0 amide bonds. The molecule has 0 aromatic heterocycles. The lowest BCUT2D eigenvalue weighted by Gasteiger charge is -2.11. The smallest absolute Gasteiger partial charge is 0.240 e. The van der Waals surface area contributed by atoms with Gasteiger partial charge in [-0.3, -0.25) is 0 Å². The second kappa shape index (κ2) is 5.65. The van der Waals surface area contributed by atoms with Crippen LogP contribution in [0.5, 0.6) is 0 Å². The minimum atomic E-state index is -3.69. The first-order valence-electron chi connectivity index (χ1n) is 5.93. The molecule has 1 aliphatic heterocycles. The molecule has 1 fully saturated rings. The summed E-state index contributed by atoms with van der Waals surface area (Å²) in [6.45, 7) is 2.02. The summed E-state index contributed by atoms with van der Waals surface area (Å²) < 4.78 is 39.6. The molecule has 2 rings (SSSR count). The molecule has 0 radical (unpaired) electrons. The third-order valence-corrected chi connectivity index (χ3v) is 4.51. The second-order valence-corrected chi connectivity index (χ2v) is 6.23. The SMILES string of the molecule is N#Cc1cc(S(=O)(=O)NCC2CCNC2)ccc1F. The van der Waals surface area contributed by atoms with Crippen LogP contribution in [0.4, 0.5) is 4.39 Å². The Labute approximate surface area is 111 Å². The van der Waals surface area contributed by atoms with Gasteiger partial charge < -0.3 is 5.32 Å². The number of hydrogen-bond acceptors (Lipinski definition) is 4. The zero-order valence-electron chi connectivity index (χ0n) is 10.2. The second-order valence-electron chi connectivity index (χ2n) is 4.46. The summed E-state index contributed by atoms with van der Waals surface area (Å²) in [6, 6.07) is 4.82. The molecule has 5 nitrogen and oxygen atoms in total. The maximum Gasteiger partial charge on any atom is 0.240 e. The average Bonchev–Trinajstić information content (AvgIpc) is 2.90. The quantitative estimate of drug-likeness (QED) is 0.847. The number of hydrogen-bond donors (Lipinski definition) is 2. The van der Waals surface area contributed by atoms with E-state index >= 15 is 0 Å². The molecule has 1 saturated heterocycles. The largest absolute Gasteiger partial charge is 0.316 e. The van der Waals surface area contributed by atoms with Crippen molar-refractivity contribution in [2.45, 2.75) is 11.3 Å². The summed E-state index contributed by atoms with van der Waals surface area (Å²) in [6.07, 6.45) is 0.926. The van der Waals surface area contributed by atoms with Gasteiger partial charge in [-0.05, 0) is 43.6 Å². The number of halogens is 1. The van der Waals surface area contributed by atoms with E-state index in [0.29, 0.717) is 6.54 Å². The molecule has 0 bridgehead atoms. The van der Waals surface area contributed by atoms with Crippen LogP contribution in [0.25, 0.3) is 0 Å². The van der Waals surface area contributed by atoms with Crippen molar-refractivity contribution in [3.63, 3.8) is 0 Å². The first kappa shape index (κ1) is 13.9. The predicted octanol–water partition coefficient (Wildman–Crippen LogP) is 0.585. The first-order valence-corrected chi connectivity index (χ1v) is 7.41. The van der Waals surface area contributed by atoms with Gasteiger partial charge in [0.25, 0.3) is 0 Å². The zero-order valence-corrected chi connectivity index (χ0v) is 11.0. The van der Waals surface area contributed by atoms with Gasteiger partial charge in [0.1, 0.15) is 11.9 Å². The van der Waals surface area contributed by atoms with Gasteiger partial charge in [0.05, 0.1) is 10.5 Å². The van der Waals surface area contributed by atoms with Gasteiger partial charge in [0.15, 0.2) is 0 Å². The fraction of sp³-hybridized carbons (Fsp3) is 0.417. The molecule has 0 spiro atoms. The Morgan fingerprint density at radius 1 is 1.53 bits per heavy atom. The molecule has 1 heterocycles. The lowest BCUT2D eigenvalue weighted by Crippen LogP contribution is -2.30. The van der Waals surface area contributed by atoms with Gasteiger partial charge in [-0.15, -0.1) is 0 Å². The molecule has 2 N–H and O–H groups in total. The minimum absolute atomic E-state index is 0.0867. The number of nitriles is 1. The Hall–Kier alpha value is -1.49. The van der Waals surface area contributed by atoms with Crippen molar-refractivity contribution in [3.05, 3.63) is 29.6 Å². The van der Waals surface area contributed by atoms with Crippen LogP contribution in [-0.4, -0.2) is 28.1 Å². The third kappa shape index (κ3) is 3.29. The number of sulfonamides is 1. The normalized spacial score (nSPS) is 19.3. The fourth-order valence-corrected chi connectivity index (χ4v) is 3.10. The molecule has 1 atom stereocenters. The van der Waals surface area contributed by atoms with Crippen molar-refractivity contribution < 1.29 is 12.8 Å². The Balaban J connectivity index is 2.12. The van der Waals surface area contributed by atoms with E-state index in [0.717, 1.165) is 37.7 Å². The van der Waals surface area contributed by atoms with E-state index < -0.39 is 15.8 Å². The van der Waals surface area contributed by atoms with Gasteiger partial charge >= 0.3 is 0 Å². The summed E-state index contributed by atoms with van der Waals surface area (Å²) in [4.78, 5) is -0.0867. The Morgan fingerprint density at radius 2 is 2.32 bits per heavy atom. The molecule has 1 aliphatic rings. The van der Waals surface area contributed by atoms with Crippen LogP contribution in [0.15, 0.2) is 23.1 Å². The number of nitrogens with zero attached hydrogens (tertiary/aromatic N) is 1. The van der Waals surface area contributed by atoms with E-state index in [4.69, 9.17) is 5.26 Å². The molecule has 0 aliphatic carbocycles. The van der Waals surface area contributed by atoms with Crippen molar-refractivity contribution in [1.82, 2.24) is 10.0 Å². The van der Waals surface area contributed by atoms with Gasteiger partial charge in [-0.2, -0.15) is 5.26 Å². The van der Waals surface area contributed by atoms with Crippen LogP contribution in [0.3, 0.4) is 0 Å². The van der Waals surface area contributed by atoms with Crippen molar-refractivity contribution in [2.24, 2.45) is 5.92 Å². The molecular weight excluding hydrogens is 269 g/mol. The van der Waals surface area contributed by atoms with Crippen LogP contribution in [0.1, 0.15) is 12.0 Å². The van der Waals surface area contributed by atoms with Crippen molar-refractivity contribution in [1.29, 1.82) is 5.26 Å². The lowest BCUT2D eigenvalue weighted by atomic mass is 10.1. The Kier molecular flexibility index (Phi) is 4.14. The Bertz CT molecular complexity index is 604. The fourth-order valence-electron chi connectivity index (χ4n) is 1.96. The summed E-state index contributed by atoms with van der Waals surface area (Å²) in [7, 11) is -3.69. The summed E-state index contributed by atoms with van der Waals surface area (Å²) in [5, 5.41) is 11.8. The standard InChI is InChI=1S/C12H14FN3O2S/c13-12-2-1-11(5-10(12)6-14)19(17,18)16-8-9-3-4-15-7-9/h1-2,5,9,15-16H,3-4,7-8H2. The van der Waals surface area contributed by atoms with E-state index in [9.17, 15) is 12.8 Å². The first-order chi connectivity index (χ1) is 9.03. The third-order valence-electron chi connectivity index (χ3n) is 3.09. The highest BCUT2D eigenvalue weighted by molar-refractivity contribution is 7.89. The highest BCUT2D eigenvalue weighted by Gasteiger charge is 2.20. The van der Waals surface area contributed by atoms with E-state index in [2.05, 4.69) is 10.0 Å². The van der Waals surface area contributed by atoms with E-state index in [-0.39, 0.29) is 16.4 Å². The topological polar surface area (TPSA) is 82.0 Å². The minimum Gasteiger partial charge on any atom is -0.316 e. The molecule has 1 unspecified atom stereocenters. The molecule has 7 heteroatoms. The maximum absolute atomic E-state index is 13.1. The van der Waals surface area contributed by atoms with Crippen LogP contribution in [-0.2, 0) is 10.0 Å². The van der Waals surface area contributed by atoms with E-state index in [1.807, 2.05) is 0 Å². The van der Waals surface area contributed by atoms with Crippen LogP contribution in [0, 0.1) is 23.1 Å². The summed E-state index contributed by atoms with van der Waals surface area (Å²) in [5.41, 5.74) is -0.273. The molecule has 1 aromatic carbocycles. The van der Waals surface area contributed by atoms with Crippen LogP contribution < -0.4 is 10.0 Å². The molecular formula is C12H14FN3O2S. The summed E-state index contributed by atoms with van der Waals surface area (Å²) in [5.74, 6) is -0.452. The maximum atomic E-state index is 13.1. The van der Waals surface area contributed by atoms with E-state index in [1.54, 1.807) is 6.07 Å². The predicted molar refractivity (Wildman–Crippen MR) is 67.3 cm³/mol. The number of nitrogens with one attached hydrogen (secondary N) is 2. The van der Waals surface area contributed by atoms with Gasteiger partial charge in [-0.25, -0.2) is 17.5 Å². The van der Waals surface area contributed by atoms with Crippen LogP contribution >= 0.6 is 0 Å². The van der Waals surface area contributed by atoms with Crippen molar-refractivity contribution >= 4 is 10.0 Å². The van der Waals surface area contributed by atoms with Gasteiger partial charge in [0, 0.05) is 6.54 Å². The van der Waals surface area contributed by atoms with Crippen molar-refractivity contribution in [2.75, 3.05) is 19.6 Å². The zero-order chi connectivity index (χ0) is 13.9. The van der Waals surface area contributed by atoms with Crippen LogP contribution in [0.2, 0.25) is 0 Å². The number of rotatable bonds is 4. The highest BCUT2D eigenvalue weighted by Crippen LogP contribution is 2.15. The Morgan fingerprint density at radius 3 is 2.95 bits per heavy atom. The van der Waals surface area contributed by atoms with Gasteiger partial charge in [-0.1, -0.05) is 0 Å². The molecule has 19 heavy (non-hydrogen) atoms. The van der Waals surface area contributed by atoms with E-state index in [1.165, 1.54) is 0 Å². The molecule has 0 saturated carbocycles. The molecule has 102 valence electrons. The van der Waals surface area contributed by atoms with Crippen molar-refractivity contribution in [3.8, 4) is 6.07 Å². The summed E-state index contributed by atoms with van der Waals surface area (Å²) >= 11 is 0.